The number of rotatable bonds is 7. The van der Waals surface area contributed by atoms with Gasteiger partial charge in [-0.25, -0.2) is 0 Å². The number of ketones is 1. The molecule has 2 aromatic carbocycles. The molecule has 0 radical (unpaired) electrons. The van der Waals surface area contributed by atoms with E-state index in [0.29, 0.717) is 5.92 Å². The Kier molecular flexibility index (Phi) is 5.11. The van der Waals surface area contributed by atoms with Crippen molar-refractivity contribution in [3.8, 4) is 0 Å². The maximum Gasteiger partial charge on any atom is 0.318 e. The minimum Gasteiger partial charge on any atom is -0.453 e. The minimum absolute atomic E-state index is 0.0249. The molecule has 3 nitrogen and oxygen atoms in total. The van der Waals surface area contributed by atoms with E-state index in [1.807, 2.05) is 60.7 Å². The van der Waals surface area contributed by atoms with Crippen LogP contribution in [0.15, 0.2) is 60.7 Å². The smallest absolute Gasteiger partial charge is 0.318 e. The van der Waals surface area contributed by atoms with Crippen LogP contribution in [0.3, 0.4) is 0 Å². The third-order valence-corrected chi connectivity index (χ3v) is 5.95. The monoisotopic (exact) mass is 362 g/mol. The van der Waals surface area contributed by atoms with Gasteiger partial charge in [0.1, 0.15) is 5.92 Å². The lowest BCUT2D eigenvalue weighted by molar-refractivity contribution is -0.145. The molecule has 3 heteroatoms. The lowest BCUT2D eigenvalue weighted by atomic mass is 9.77. The van der Waals surface area contributed by atoms with E-state index in [1.165, 1.54) is 0 Å². The molecule has 1 aliphatic heterocycles. The fraction of sp³-hybridized carbons (Fsp3) is 0.417. The summed E-state index contributed by atoms with van der Waals surface area (Å²) in [5.41, 5.74) is 2.16. The summed E-state index contributed by atoms with van der Waals surface area (Å²) in [6, 6.07) is 20.0. The zero-order valence-electron chi connectivity index (χ0n) is 15.7. The molecular formula is C24H26O3. The van der Waals surface area contributed by atoms with Gasteiger partial charge in [-0.15, -0.1) is 0 Å². The van der Waals surface area contributed by atoms with Crippen molar-refractivity contribution in [2.75, 3.05) is 0 Å². The van der Waals surface area contributed by atoms with Gasteiger partial charge in [-0.2, -0.15) is 0 Å². The van der Waals surface area contributed by atoms with E-state index in [0.717, 1.165) is 36.8 Å². The largest absolute Gasteiger partial charge is 0.453 e. The van der Waals surface area contributed by atoms with Crippen LogP contribution < -0.4 is 0 Å². The number of benzene rings is 2. The number of cyclic esters (lactones) is 1. The van der Waals surface area contributed by atoms with E-state index < -0.39 is 12.0 Å². The van der Waals surface area contributed by atoms with E-state index >= 15 is 0 Å². The zero-order valence-corrected chi connectivity index (χ0v) is 15.7. The van der Waals surface area contributed by atoms with Crippen LogP contribution in [0.2, 0.25) is 0 Å². The summed E-state index contributed by atoms with van der Waals surface area (Å²) in [5.74, 6) is -0.713. The molecule has 4 unspecified atom stereocenters. The van der Waals surface area contributed by atoms with Crippen molar-refractivity contribution < 1.29 is 14.3 Å². The molecule has 1 saturated heterocycles. The topological polar surface area (TPSA) is 43.4 Å². The minimum atomic E-state index is -0.659. The second-order valence-corrected chi connectivity index (χ2v) is 7.82. The van der Waals surface area contributed by atoms with Gasteiger partial charge in [-0.05, 0) is 36.3 Å². The standard InChI is InChI=1S/C24H26O3/c1-2-9-19(16-10-5-3-6-11-16)23-22(25)21(24(26)27-23)20(18-14-15-18)17-12-7-4-8-13-17/h3-8,10-13,18-21,23H,2,9,14-15H2,1H3. The van der Waals surface area contributed by atoms with Gasteiger partial charge in [0, 0.05) is 11.8 Å². The molecule has 0 amide bonds. The summed E-state index contributed by atoms with van der Waals surface area (Å²) >= 11 is 0. The molecule has 140 valence electrons. The second kappa shape index (κ2) is 7.67. The normalized spacial score (nSPS) is 24.5. The molecule has 27 heavy (non-hydrogen) atoms. The molecule has 1 heterocycles. The first kappa shape index (κ1) is 18.0. The first-order valence-electron chi connectivity index (χ1n) is 10.0. The van der Waals surface area contributed by atoms with Gasteiger partial charge in [0.25, 0.3) is 0 Å². The van der Waals surface area contributed by atoms with Gasteiger partial charge < -0.3 is 4.74 Å². The number of ether oxygens (including phenoxy) is 1. The van der Waals surface area contributed by atoms with E-state index in [4.69, 9.17) is 4.74 Å². The van der Waals surface area contributed by atoms with E-state index in [1.54, 1.807) is 0 Å². The van der Waals surface area contributed by atoms with Gasteiger partial charge in [-0.3, -0.25) is 9.59 Å². The Morgan fingerprint density at radius 3 is 2.07 bits per heavy atom. The van der Waals surface area contributed by atoms with Crippen LogP contribution in [-0.4, -0.2) is 17.9 Å². The Morgan fingerprint density at radius 2 is 1.52 bits per heavy atom. The van der Waals surface area contributed by atoms with Crippen molar-refractivity contribution in [3.05, 3.63) is 71.8 Å². The maximum atomic E-state index is 13.4. The Bertz CT molecular complexity index is 795. The van der Waals surface area contributed by atoms with Gasteiger partial charge in [0.15, 0.2) is 11.9 Å². The van der Waals surface area contributed by atoms with E-state index in [2.05, 4.69) is 6.92 Å². The summed E-state index contributed by atoms with van der Waals surface area (Å²) in [6.07, 6.45) is 3.28. The van der Waals surface area contributed by atoms with Crippen molar-refractivity contribution in [2.45, 2.75) is 50.5 Å². The lowest BCUT2D eigenvalue weighted by Gasteiger charge is -2.23. The molecular weight excluding hydrogens is 336 g/mol. The van der Waals surface area contributed by atoms with Crippen LogP contribution >= 0.6 is 0 Å². The van der Waals surface area contributed by atoms with Crippen LogP contribution in [-0.2, 0) is 14.3 Å². The van der Waals surface area contributed by atoms with Gasteiger partial charge in [0.05, 0.1) is 0 Å². The van der Waals surface area contributed by atoms with Crippen LogP contribution in [0.5, 0.6) is 0 Å². The fourth-order valence-electron chi connectivity index (χ4n) is 4.53. The van der Waals surface area contributed by atoms with Crippen molar-refractivity contribution >= 4 is 11.8 Å². The first-order chi connectivity index (χ1) is 13.2. The summed E-state index contributed by atoms with van der Waals surface area (Å²) in [4.78, 5) is 26.2. The Labute approximate surface area is 160 Å². The van der Waals surface area contributed by atoms with Crippen LogP contribution in [0.4, 0.5) is 0 Å². The summed E-state index contributed by atoms with van der Waals surface area (Å²) in [7, 11) is 0. The lowest BCUT2D eigenvalue weighted by Crippen LogP contribution is -2.30. The van der Waals surface area contributed by atoms with E-state index in [-0.39, 0.29) is 23.6 Å². The molecule has 1 saturated carbocycles. The number of esters is 1. The highest BCUT2D eigenvalue weighted by atomic mass is 16.6. The van der Waals surface area contributed by atoms with Crippen molar-refractivity contribution in [3.63, 3.8) is 0 Å². The Hall–Kier alpha value is -2.42. The average molecular weight is 362 g/mol. The average Bonchev–Trinajstić information content (AvgIpc) is 3.50. The predicted molar refractivity (Wildman–Crippen MR) is 104 cm³/mol. The molecule has 0 aromatic heterocycles. The number of carbonyl (C=O) groups is 2. The molecule has 0 bridgehead atoms. The number of hydrogen-bond acceptors (Lipinski definition) is 3. The fourth-order valence-corrected chi connectivity index (χ4v) is 4.53. The van der Waals surface area contributed by atoms with Crippen molar-refractivity contribution in [1.82, 2.24) is 0 Å². The molecule has 2 aromatic rings. The van der Waals surface area contributed by atoms with E-state index in [9.17, 15) is 9.59 Å². The molecule has 1 aliphatic carbocycles. The molecule has 4 rings (SSSR count). The molecule has 0 N–H and O–H groups in total. The highest BCUT2D eigenvalue weighted by Gasteiger charge is 2.53. The van der Waals surface area contributed by atoms with Crippen LogP contribution in [0.25, 0.3) is 0 Å². The summed E-state index contributed by atoms with van der Waals surface area (Å²) in [5, 5.41) is 0. The molecule has 2 fully saturated rings. The summed E-state index contributed by atoms with van der Waals surface area (Å²) in [6.45, 7) is 2.10. The Balaban J connectivity index is 1.64. The second-order valence-electron chi connectivity index (χ2n) is 7.82. The molecule has 2 aliphatic rings. The SMILES string of the molecule is CCCC(c1ccccc1)C1OC(=O)C(C(c2ccccc2)C2CC2)C1=O. The van der Waals surface area contributed by atoms with Gasteiger partial charge in [0.2, 0.25) is 0 Å². The van der Waals surface area contributed by atoms with Crippen molar-refractivity contribution in [2.24, 2.45) is 11.8 Å². The van der Waals surface area contributed by atoms with Crippen molar-refractivity contribution in [1.29, 1.82) is 0 Å². The number of hydrogen-bond donors (Lipinski definition) is 0. The molecule has 4 atom stereocenters. The van der Waals surface area contributed by atoms with Crippen LogP contribution in [0.1, 0.15) is 55.6 Å². The summed E-state index contributed by atoms with van der Waals surface area (Å²) < 4.78 is 5.75. The first-order valence-corrected chi connectivity index (χ1v) is 10.0. The zero-order chi connectivity index (χ0) is 18.8. The van der Waals surface area contributed by atoms with Gasteiger partial charge >= 0.3 is 5.97 Å². The molecule has 0 spiro atoms. The van der Waals surface area contributed by atoms with Crippen LogP contribution in [0, 0.1) is 11.8 Å². The highest BCUT2D eigenvalue weighted by Crippen LogP contribution is 2.50. The third-order valence-electron chi connectivity index (χ3n) is 5.95. The van der Waals surface area contributed by atoms with Gasteiger partial charge in [-0.1, -0.05) is 74.0 Å². The number of Topliss-reactive ketones (excluding diaryl/α,β-unsaturated/α-hetero) is 1. The maximum absolute atomic E-state index is 13.4. The highest BCUT2D eigenvalue weighted by molar-refractivity contribution is 6.08. The number of carbonyl (C=O) groups excluding carboxylic acids is 2. The predicted octanol–water partition coefficient (Wildman–Crippen LogP) is 4.87. The Morgan fingerprint density at radius 1 is 0.926 bits per heavy atom. The quantitative estimate of drug-likeness (QED) is 0.521. The third kappa shape index (κ3) is 3.55.